The maximum atomic E-state index is 12.9. The van der Waals surface area contributed by atoms with Crippen molar-refractivity contribution in [3.8, 4) is 5.75 Å². The Kier molecular flexibility index (Phi) is 4.62. The Morgan fingerprint density at radius 3 is 2.37 bits per heavy atom. The second-order valence-corrected chi connectivity index (χ2v) is 9.62. The molecule has 0 unspecified atom stereocenters. The van der Waals surface area contributed by atoms with Gasteiger partial charge in [-0.05, 0) is 87.0 Å². The summed E-state index contributed by atoms with van der Waals surface area (Å²) in [6, 6.07) is 6.12. The molecule has 0 amide bonds. The highest BCUT2D eigenvalue weighted by Crippen LogP contribution is 2.60. The number of halogens is 1. The van der Waals surface area contributed by atoms with Gasteiger partial charge in [-0.15, -0.1) is 10.2 Å². The minimum Gasteiger partial charge on any atom is -0.494 e. The SMILES string of the molecule is Fc1ccc(OCCCSc2nnc(C34CC5CC(CC(C5)C3)C4)o2)cc1. The van der Waals surface area contributed by atoms with Crippen LogP contribution in [-0.2, 0) is 5.41 Å². The van der Waals surface area contributed by atoms with E-state index in [1.54, 1.807) is 23.9 Å². The average molecular weight is 389 g/mol. The molecule has 0 N–H and O–H groups in total. The van der Waals surface area contributed by atoms with E-state index in [4.69, 9.17) is 9.15 Å². The number of hydrogen-bond donors (Lipinski definition) is 0. The first kappa shape index (κ1) is 17.5. The van der Waals surface area contributed by atoms with E-state index < -0.39 is 0 Å². The topological polar surface area (TPSA) is 48.2 Å². The van der Waals surface area contributed by atoms with Gasteiger partial charge in [0.1, 0.15) is 11.6 Å². The highest BCUT2D eigenvalue weighted by molar-refractivity contribution is 7.99. The summed E-state index contributed by atoms with van der Waals surface area (Å²) in [7, 11) is 0. The fraction of sp³-hybridized carbons (Fsp3) is 0.619. The molecule has 27 heavy (non-hydrogen) atoms. The molecule has 0 spiro atoms. The molecular weight excluding hydrogens is 363 g/mol. The van der Waals surface area contributed by atoms with Crippen LogP contribution < -0.4 is 4.74 Å². The lowest BCUT2D eigenvalue weighted by Gasteiger charge is -2.55. The van der Waals surface area contributed by atoms with Gasteiger partial charge in [0.25, 0.3) is 5.22 Å². The second kappa shape index (κ2) is 7.12. The molecule has 4 bridgehead atoms. The minimum absolute atomic E-state index is 0.173. The van der Waals surface area contributed by atoms with Crippen LogP contribution in [0.15, 0.2) is 33.9 Å². The first-order chi connectivity index (χ1) is 13.2. The van der Waals surface area contributed by atoms with Crippen molar-refractivity contribution in [2.45, 2.75) is 55.6 Å². The van der Waals surface area contributed by atoms with Crippen LogP contribution in [0.1, 0.15) is 50.8 Å². The molecule has 1 aromatic carbocycles. The lowest BCUT2D eigenvalue weighted by Crippen LogP contribution is -2.48. The van der Waals surface area contributed by atoms with Gasteiger partial charge in [0.2, 0.25) is 5.89 Å². The fourth-order valence-corrected chi connectivity index (χ4v) is 6.47. The lowest BCUT2D eigenvalue weighted by molar-refractivity contribution is -0.0191. The third kappa shape index (κ3) is 3.60. The first-order valence-electron chi connectivity index (χ1n) is 10.0. The standard InChI is InChI=1S/C21H25FN2O2S/c22-17-2-4-18(5-3-17)25-6-1-7-27-20-24-23-19(26-20)21-11-14-8-15(12-21)10-16(9-14)13-21/h2-5,14-16H,1,6-13H2. The van der Waals surface area contributed by atoms with Crippen molar-refractivity contribution < 1.29 is 13.5 Å². The molecule has 0 atom stereocenters. The molecule has 4 nitrogen and oxygen atoms in total. The molecule has 144 valence electrons. The Labute approximate surface area is 163 Å². The van der Waals surface area contributed by atoms with Gasteiger partial charge < -0.3 is 9.15 Å². The Balaban J connectivity index is 1.12. The number of nitrogens with zero attached hydrogens (tertiary/aromatic N) is 2. The van der Waals surface area contributed by atoms with Crippen molar-refractivity contribution in [2.24, 2.45) is 17.8 Å². The molecule has 4 aliphatic rings. The number of rotatable bonds is 7. The molecule has 0 radical (unpaired) electrons. The third-order valence-electron chi connectivity index (χ3n) is 6.49. The third-order valence-corrected chi connectivity index (χ3v) is 7.40. The summed E-state index contributed by atoms with van der Waals surface area (Å²) in [6.07, 6.45) is 8.87. The van der Waals surface area contributed by atoms with Crippen molar-refractivity contribution in [2.75, 3.05) is 12.4 Å². The van der Waals surface area contributed by atoms with Gasteiger partial charge in [0.05, 0.1) is 6.61 Å². The van der Waals surface area contributed by atoms with Gasteiger partial charge in [-0.1, -0.05) is 11.8 Å². The van der Waals surface area contributed by atoms with Crippen LogP contribution in [0, 0.1) is 23.6 Å². The molecule has 4 saturated carbocycles. The van der Waals surface area contributed by atoms with E-state index in [0.29, 0.717) is 17.6 Å². The minimum atomic E-state index is -0.246. The van der Waals surface area contributed by atoms with E-state index in [1.807, 2.05) is 0 Å². The lowest BCUT2D eigenvalue weighted by atomic mass is 9.49. The predicted molar refractivity (Wildman–Crippen MR) is 101 cm³/mol. The molecule has 0 saturated heterocycles. The number of ether oxygens (including phenoxy) is 1. The van der Waals surface area contributed by atoms with Crippen molar-refractivity contribution in [1.29, 1.82) is 0 Å². The number of thioether (sulfide) groups is 1. The molecular formula is C21H25FN2O2S. The van der Waals surface area contributed by atoms with E-state index >= 15 is 0 Å². The molecule has 6 heteroatoms. The molecule has 1 heterocycles. The van der Waals surface area contributed by atoms with Gasteiger partial charge in [-0.25, -0.2) is 4.39 Å². The monoisotopic (exact) mass is 388 g/mol. The summed E-state index contributed by atoms with van der Waals surface area (Å²) in [5, 5.41) is 9.44. The molecule has 2 aromatic rings. The summed E-state index contributed by atoms with van der Waals surface area (Å²) in [5.41, 5.74) is 0.173. The van der Waals surface area contributed by atoms with Gasteiger partial charge >= 0.3 is 0 Å². The van der Waals surface area contributed by atoms with Crippen LogP contribution in [0.5, 0.6) is 5.75 Å². The van der Waals surface area contributed by atoms with E-state index in [-0.39, 0.29) is 11.2 Å². The predicted octanol–water partition coefficient (Wildman–Crippen LogP) is 5.24. The normalized spacial score (nSPS) is 31.4. The van der Waals surface area contributed by atoms with Crippen LogP contribution in [0.25, 0.3) is 0 Å². The smallest absolute Gasteiger partial charge is 0.276 e. The van der Waals surface area contributed by atoms with E-state index in [9.17, 15) is 4.39 Å². The largest absolute Gasteiger partial charge is 0.494 e. The molecule has 6 rings (SSSR count). The zero-order valence-corrected chi connectivity index (χ0v) is 16.2. The Morgan fingerprint density at radius 2 is 1.70 bits per heavy atom. The molecule has 4 fully saturated rings. The van der Waals surface area contributed by atoms with Crippen LogP contribution in [0.2, 0.25) is 0 Å². The Morgan fingerprint density at radius 1 is 1.04 bits per heavy atom. The van der Waals surface area contributed by atoms with Crippen molar-refractivity contribution >= 4 is 11.8 Å². The first-order valence-corrected chi connectivity index (χ1v) is 11.0. The number of benzene rings is 1. The zero-order valence-electron chi connectivity index (χ0n) is 15.4. The van der Waals surface area contributed by atoms with Crippen LogP contribution in [-0.4, -0.2) is 22.6 Å². The summed E-state index contributed by atoms with van der Waals surface area (Å²) >= 11 is 1.60. The highest BCUT2D eigenvalue weighted by Gasteiger charge is 2.54. The van der Waals surface area contributed by atoms with Crippen LogP contribution >= 0.6 is 11.8 Å². The summed E-state index contributed by atoms with van der Waals surface area (Å²) in [6.45, 7) is 0.592. The summed E-state index contributed by atoms with van der Waals surface area (Å²) in [4.78, 5) is 0. The maximum Gasteiger partial charge on any atom is 0.276 e. The highest BCUT2D eigenvalue weighted by atomic mass is 32.2. The Hall–Kier alpha value is -1.56. The average Bonchev–Trinajstić information content (AvgIpc) is 3.12. The quantitative estimate of drug-likeness (QED) is 0.480. The van der Waals surface area contributed by atoms with Crippen molar-refractivity contribution in [3.63, 3.8) is 0 Å². The summed E-state index contributed by atoms with van der Waals surface area (Å²) in [5.74, 6) is 4.84. The molecule has 0 aliphatic heterocycles. The van der Waals surface area contributed by atoms with E-state index in [0.717, 1.165) is 35.8 Å². The van der Waals surface area contributed by atoms with Gasteiger partial charge in [0.15, 0.2) is 0 Å². The zero-order chi connectivity index (χ0) is 18.3. The van der Waals surface area contributed by atoms with Gasteiger partial charge in [-0.3, -0.25) is 0 Å². The molecule has 1 aromatic heterocycles. The maximum absolute atomic E-state index is 12.9. The number of hydrogen-bond acceptors (Lipinski definition) is 5. The second-order valence-electron chi connectivity index (χ2n) is 8.58. The van der Waals surface area contributed by atoms with Crippen LogP contribution in [0.4, 0.5) is 4.39 Å². The Bertz CT molecular complexity index is 756. The van der Waals surface area contributed by atoms with Gasteiger partial charge in [0, 0.05) is 11.2 Å². The fourth-order valence-electron chi connectivity index (χ4n) is 5.79. The number of aromatic nitrogens is 2. The van der Waals surface area contributed by atoms with E-state index in [2.05, 4.69) is 10.2 Å². The van der Waals surface area contributed by atoms with Crippen molar-refractivity contribution in [1.82, 2.24) is 10.2 Å². The van der Waals surface area contributed by atoms with E-state index in [1.165, 1.54) is 50.7 Å². The van der Waals surface area contributed by atoms with Gasteiger partial charge in [-0.2, -0.15) is 0 Å². The van der Waals surface area contributed by atoms with Crippen molar-refractivity contribution in [3.05, 3.63) is 36.0 Å². The summed E-state index contributed by atoms with van der Waals surface area (Å²) < 4.78 is 24.6. The van der Waals surface area contributed by atoms with Crippen LogP contribution in [0.3, 0.4) is 0 Å². The molecule has 4 aliphatic carbocycles.